The minimum atomic E-state index is -1.15. The van der Waals surface area contributed by atoms with Gasteiger partial charge < -0.3 is 30.3 Å². The van der Waals surface area contributed by atoms with Crippen LogP contribution in [0.2, 0.25) is 0 Å². The topological polar surface area (TPSA) is 181 Å². The molecule has 0 spiro atoms. The van der Waals surface area contributed by atoms with Crippen LogP contribution in [-0.2, 0) is 24.0 Å². The fourth-order valence-corrected chi connectivity index (χ4v) is 8.17. The first kappa shape index (κ1) is 40.3. The van der Waals surface area contributed by atoms with Gasteiger partial charge in [0.25, 0.3) is 5.91 Å². The van der Waals surface area contributed by atoms with Gasteiger partial charge in [-0.25, -0.2) is 9.97 Å². The normalized spacial score (nSPS) is 27.6. The van der Waals surface area contributed by atoms with Crippen molar-refractivity contribution in [1.82, 2.24) is 35.5 Å². The van der Waals surface area contributed by atoms with E-state index in [4.69, 9.17) is 14.5 Å². The van der Waals surface area contributed by atoms with Crippen molar-refractivity contribution in [3.8, 4) is 11.6 Å². The number of nitrogens with zero attached hydrogens (tertiary/aromatic N) is 3. The number of allylic oxidation sites excluding steroid dienone is 1. The summed E-state index contributed by atoms with van der Waals surface area (Å²) in [5.74, 6) is -1.30. The van der Waals surface area contributed by atoms with E-state index in [2.05, 4.69) is 38.7 Å². The summed E-state index contributed by atoms with van der Waals surface area (Å²) in [4.78, 5) is 79.9. The molecule has 0 bridgehead atoms. The monoisotopic (exact) mass is 777 g/mol. The molecule has 4 aliphatic rings. The maximum absolute atomic E-state index is 14.7. The predicted octanol–water partition coefficient (Wildman–Crippen LogP) is 4.04. The Labute approximate surface area is 327 Å². The van der Waals surface area contributed by atoms with Gasteiger partial charge in [0.05, 0.1) is 24.7 Å². The second kappa shape index (κ2) is 16.0. The Morgan fingerprint density at radius 2 is 1.85 bits per heavy atom. The lowest BCUT2D eigenvalue weighted by molar-refractivity contribution is -0.143. The highest BCUT2D eigenvalue weighted by atomic mass is 32.2. The van der Waals surface area contributed by atoms with Crippen molar-refractivity contribution >= 4 is 52.5 Å². The zero-order valence-corrected chi connectivity index (χ0v) is 33.8. The molecular formula is C40H55N7O7S. The smallest absolute Gasteiger partial charge is 0.256 e. The molecule has 3 fully saturated rings. The Morgan fingerprint density at radius 3 is 2.55 bits per heavy atom. The van der Waals surface area contributed by atoms with Crippen molar-refractivity contribution in [3.05, 3.63) is 36.0 Å². The van der Waals surface area contributed by atoms with Crippen LogP contribution in [0.4, 0.5) is 0 Å². The van der Waals surface area contributed by atoms with Crippen LogP contribution in [0.25, 0.3) is 11.0 Å². The number of rotatable bonds is 9. The molecule has 298 valence electrons. The molecule has 0 radical (unpaired) electrons. The minimum absolute atomic E-state index is 0.00410. The van der Waals surface area contributed by atoms with Crippen molar-refractivity contribution in [2.45, 2.75) is 134 Å². The zero-order valence-electron chi connectivity index (χ0n) is 33.0. The van der Waals surface area contributed by atoms with Crippen LogP contribution in [0.15, 0.2) is 30.4 Å². The lowest BCUT2D eigenvalue weighted by Crippen LogP contribution is -2.60. The molecular weight excluding hydrogens is 723 g/mol. The number of aryl methyl sites for hydroxylation is 1. The number of hydrogen-bond donors (Lipinski definition) is 4. The molecule has 6 atom stereocenters. The molecule has 2 aliphatic carbocycles. The predicted molar refractivity (Wildman–Crippen MR) is 209 cm³/mol. The SMILES string of the molecule is COc1ccc2nc(C)c(O[C@@H]3CC4C(=O)N[C@]5(C(=O)NSC6(C)CC6)C[C@H]5/C=C\CCCCC[C@H](NC(=O)C(NC(C)=O)C(C)(C)C)C(=O)N4C3)nc2c1. The Kier molecular flexibility index (Phi) is 11.7. The van der Waals surface area contributed by atoms with Crippen LogP contribution in [0.3, 0.4) is 0 Å². The Balaban J connectivity index is 1.31. The molecule has 2 unspecified atom stereocenters. The maximum Gasteiger partial charge on any atom is 0.256 e. The molecule has 1 aromatic heterocycles. The van der Waals surface area contributed by atoms with Gasteiger partial charge in [0.15, 0.2) is 0 Å². The first-order valence-corrected chi connectivity index (χ1v) is 20.2. The third-order valence-corrected chi connectivity index (χ3v) is 12.3. The van der Waals surface area contributed by atoms with E-state index >= 15 is 0 Å². The lowest BCUT2D eigenvalue weighted by Gasteiger charge is -2.33. The number of amides is 5. The van der Waals surface area contributed by atoms with Gasteiger partial charge in [-0.15, -0.1) is 0 Å². The molecule has 14 nitrogen and oxygen atoms in total. The molecule has 1 aromatic carbocycles. The van der Waals surface area contributed by atoms with E-state index in [0.29, 0.717) is 41.7 Å². The molecule has 6 rings (SSSR count). The third kappa shape index (κ3) is 9.36. The fraction of sp³-hybridized carbons (Fsp3) is 0.625. The number of benzene rings is 1. The summed E-state index contributed by atoms with van der Waals surface area (Å²) in [7, 11) is 1.57. The van der Waals surface area contributed by atoms with Crippen molar-refractivity contribution in [2.24, 2.45) is 11.3 Å². The second-order valence-electron chi connectivity index (χ2n) is 16.8. The maximum atomic E-state index is 14.7. The summed E-state index contributed by atoms with van der Waals surface area (Å²) < 4.78 is 14.8. The van der Waals surface area contributed by atoms with Crippen LogP contribution in [-0.4, -0.2) is 92.6 Å². The van der Waals surface area contributed by atoms with E-state index in [0.717, 1.165) is 32.1 Å². The third-order valence-electron chi connectivity index (χ3n) is 11.1. The summed E-state index contributed by atoms with van der Waals surface area (Å²) in [5.41, 5.74) is -0.0234. The first-order chi connectivity index (χ1) is 26.0. The molecule has 4 N–H and O–H groups in total. The van der Waals surface area contributed by atoms with Gasteiger partial charge in [-0.3, -0.25) is 28.7 Å². The standard InChI is InChI=1S/C40H55N7O7S/c1-23-35(44-30-19-26(53-7)15-16-28(30)41-23)54-27-20-31-33(49)45-40(37(52)46-55-39(6)17-18-39)21-25(40)13-11-9-8-10-12-14-29(36(51)47(31)22-27)43-34(50)32(38(3,4)5)42-24(2)48/h11,13,15-16,19,25,27,29,31-32H,8-10,12,14,17-18,20-22H2,1-7H3,(H,42,48)(H,43,50)(H,45,49)(H,46,52)/b13-11-/t25-,27-,29+,31?,32?,40-/m1/s1. The number of nitrogens with one attached hydrogen (secondary N) is 4. The van der Waals surface area contributed by atoms with E-state index in [1.54, 1.807) is 26.2 Å². The van der Waals surface area contributed by atoms with E-state index in [9.17, 15) is 24.0 Å². The summed E-state index contributed by atoms with van der Waals surface area (Å²) in [6, 6.07) is 2.49. The average Bonchev–Trinajstić information content (AvgIpc) is 4.00. The van der Waals surface area contributed by atoms with Gasteiger partial charge >= 0.3 is 0 Å². The quantitative estimate of drug-likeness (QED) is 0.214. The number of methoxy groups -OCH3 is 1. The second-order valence-corrected chi connectivity index (χ2v) is 18.2. The number of fused-ring (bicyclic) bond motifs is 3. The Bertz CT molecular complexity index is 1860. The summed E-state index contributed by atoms with van der Waals surface area (Å²) in [6.45, 7) is 10.8. The van der Waals surface area contributed by atoms with Gasteiger partial charge in [0, 0.05) is 30.1 Å². The number of ether oxygens (including phenoxy) is 2. The van der Waals surface area contributed by atoms with Crippen LogP contribution < -0.4 is 30.1 Å². The molecule has 2 aliphatic heterocycles. The molecule has 5 amide bonds. The molecule has 2 aromatic rings. The highest BCUT2D eigenvalue weighted by Crippen LogP contribution is 2.49. The first-order valence-electron chi connectivity index (χ1n) is 19.4. The summed E-state index contributed by atoms with van der Waals surface area (Å²) >= 11 is 1.40. The zero-order chi connectivity index (χ0) is 39.7. The summed E-state index contributed by atoms with van der Waals surface area (Å²) in [5, 5.41) is 8.79. The van der Waals surface area contributed by atoms with E-state index in [-0.39, 0.29) is 41.3 Å². The van der Waals surface area contributed by atoms with Gasteiger partial charge in [-0.1, -0.05) is 45.8 Å². The highest BCUT2D eigenvalue weighted by molar-refractivity contribution is 7.99. The number of carbonyl (C=O) groups excluding carboxylic acids is 5. The lowest BCUT2D eigenvalue weighted by atomic mass is 9.85. The van der Waals surface area contributed by atoms with Gasteiger partial charge in [0.1, 0.15) is 41.2 Å². The van der Waals surface area contributed by atoms with Crippen LogP contribution in [0.1, 0.15) is 98.1 Å². The van der Waals surface area contributed by atoms with Gasteiger partial charge in [-0.05, 0) is 81.9 Å². The van der Waals surface area contributed by atoms with Crippen molar-refractivity contribution in [3.63, 3.8) is 0 Å². The molecule has 3 heterocycles. The van der Waals surface area contributed by atoms with Crippen LogP contribution >= 0.6 is 11.9 Å². The fourth-order valence-electron chi connectivity index (χ4n) is 7.34. The largest absolute Gasteiger partial charge is 0.497 e. The number of aromatic nitrogens is 2. The number of hydrogen-bond acceptors (Lipinski definition) is 10. The Hall–Kier alpha value is -4.40. The van der Waals surface area contributed by atoms with E-state index < -0.39 is 52.9 Å². The Morgan fingerprint density at radius 1 is 1.09 bits per heavy atom. The van der Waals surface area contributed by atoms with Crippen LogP contribution in [0, 0.1) is 18.3 Å². The highest BCUT2D eigenvalue weighted by Gasteiger charge is 2.61. The van der Waals surface area contributed by atoms with Crippen molar-refractivity contribution in [1.29, 1.82) is 0 Å². The average molecular weight is 778 g/mol. The molecule has 15 heteroatoms. The molecule has 55 heavy (non-hydrogen) atoms. The molecule has 1 saturated heterocycles. The van der Waals surface area contributed by atoms with Gasteiger partial charge in [0.2, 0.25) is 29.5 Å². The number of carbonyl (C=O) groups is 5. The molecule has 2 saturated carbocycles. The van der Waals surface area contributed by atoms with Crippen LogP contribution in [0.5, 0.6) is 11.6 Å². The van der Waals surface area contributed by atoms with Gasteiger partial charge in [-0.2, -0.15) is 0 Å². The van der Waals surface area contributed by atoms with E-state index in [1.165, 1.54) is 23.8 Å². The van der Waals surface area contributed by atoms with Crippen molar-refractivity contribution < 1.29 is 33.4 Å². The van der Waals surface area contributed by atoms with E-state index in [1.807, 2.05) is 32.9 Å². The minimum Gasteiger partial charge on any atom is -0.497 e. The summed E-state index contributed by atoms with van der Waals surface area (Å²) in [6.07, 6.45) is 9.46. The van der Waals surface area contributed by atoms with Crippen molar-refractivity contribution in [2.75, 3.05) is 13.7 Å².